The minimum atomic E-state index is -0.612. The quantitative estimate of drug-likeness (QED) is 0.825. The van der Waals surface area contributed by atoms with Gasteiger partial charge in [-0.3, -0.25) is 4.79 Å². The molecule has 0 aliphatic rings. The van der Waals surface area contributed by atoms with Gasteiger partial charge in [0.15, 0.2) is 0 Å². The van der Waals surface area contributed by atoms with E-state index in [9.17, 15) is 9.59 Å². The zero-order chi connectivity index (χ0) is 15.5. The summed E-state index contributed by atoms with van der Waals surface area (Å²) >= 11 is 0. The highest BCUT2D eigenvalue weighted by Gasteiger charge is 2.27. The molecular formula is C14H23ClN2O4. The molecule has 3 N–H and O–H groups in total. The Morgan fingerprint density at radius 3 is 2.48 bits per heavy atom. The predicted molar refractivity (Wildman–Crippen MR) is 81.3 cm³/mol. The molecule has 0 aliphatic heterocycles. The van der Waals surface area contributed by atoms with Gasteiger partial charge in [0.2, 0.25) is 5.91 Å². The van der Waals surface area contributed by atoms with E-state index in [-0.39, 0.29) is 30.3 Å². The topological polar surface area (TPSA) is 94.6 Å². The maximum atomic E-state index is 11.9. The molecule has 120 valence electrons. The molecule has 0 unspecified atom stereocenters. The van der Waals surface area contributed by atoms with Gasteiger partial charge in [-0.15, -0.1) is 12.4 Å². The standard InChI is InChI=1S/C14H22N2O4.ClH/c1-8-10(13(18)19-5)6-9(20-8)7-16-12(17)11(15)14(2,3)4;/h6,11H,7,15H2,1-5H3,(H,16,17);1H/t11-;/m1./s1. The van der Waals surface area contributed by atoms with E-state index in [1.54, 1.807) is 13.0 Å². The molecule has 0 saturated carbocycles. The lowest BCUT2D eigenvalue weighted by Gasteiger charge is -2.25. The zero-order valence-corrected chi connectivity index (χ0v) is 13.8. The fraction of sp³-hybridized carbons (Fsp3) is 0.571. The molecule has 21 heavy (non-hydrogen) atoms. The summed E-state index contributed by atoms with van der Waals surface area (Å²) in [5.74, 6) is 0.222. The first-order chi connectivity index (χ1) is 9.16. The third kappa shape index (κ3) is 5.06. The molecule has 7 heteroatoms. The molecule has 0 radical (unpaired) electrons. The van der Waals surface area contributed by atoms with Gasteiger partial charge < -0.3 is 20.2 Å². The van der Waals surface area contributed by atoms with Crippen LogP contribution in [0.15, 0.2) is 10.5 Å². The number of nitrogens with one attached hydrogen (secondary N) is 1. The number of furan rings is 1. The van der Waals surface area contributed by atoms with Crippen LogP contribution in [0.3, 0.4) is 0 Å². The minimum Gasteiger partial charge on any atom is -0.465 e. The van der Waals surface area contributed by atoms with E-state index >= 15 is 0 Å². The maximum Gasteiger partial charge on any atom is 0.341 e. The molecule has 0 spiro atoms. The van der Waals surface area contributed by atoms with Gasteiger partial charge in [-0.2, -0.15) is 0 Å². The van der Waals surface area contributed by atoms with Crippen molar-refractivity contribution in [3.05, 3.63) is 23.2 Å². The molecule has 0 fully saturated rings. The Kier molecular flexibility index (Phi) is 6.93. The fourth-order valence-corrected chi connectivity index (χ4v) is 1.62. The van der Waals surface area contributed by atoms with Crippen molar-refractivity contribution >= 4 is 24.3 Å². The van der Waals surface area contributed by atoms with Crippen LogP contribution < -0.4 is 11.1 Å². The number of nitrogens with two attached hydrogens (primary N) is 1. The molecule has 6 nitrogen and oxygen atoms in total. The summed E-state index contributed by atoms with van der Waals surface area (Å²) in [5.41, 5.74) is 5.89. The number of carbonyl (C=O) groups is 2. The molecule has 0 bridgehead atoms. The van der Waals surface area contributed by atoms with Crippen LogP contribution in [0.1, 0.15) is 42.6 Å². The minimum absolute atomic E-state index is 0. The molecule has 0 saturated heterocycles. The number of aryl methyl sites for hydroxylation is 1. The van der Waals surface area contributed by atoms with Gasteiger partial charge in [0.25, 0.3) is 0 Å². The number of amides is 1. The Hall–Kier alpha value is -1.53. The van der Waals surface area contributed by atoms with Gasteiger partial charge in [0.05, 0.1) is 19.7 Å². The number of ether oxygens (including phenoxy) is 1. The summed E-state index contributed by atoms with van der Waals surface area (Å²) in [4.78, 5) is 23.3. The van der Waals surface area contributed by atoms with E-state index < -0.39 is 12.0 Å². The molecule has 1 amide bonds. The molecule has 1 rings (SSSR count). The number of rotatable bonds is 4. The van der Waals surface area contributed by atoms with Gasteiger partial charge in [-0.1, -0.05) is 20.8 Å². The Morgan fingerprint density at radius 1 is 1.43 bits per heavy atom. The van der Waals surface area contributed by atoms with E-state index in [4.69, 9.17) is 10.2 Å². The highest BCUT2D eigenvalue weighted by Crippen LogP contribution is 2.18. The van der Waals surface area contributed by atoms with Gasteiger partial charge >= 0.3 is 5.97 Å². The van der Waals surface area contributed by atoms with Crippen LogP contribution in [0.2, 0.25) is 0 Å². The van der Waals surface area contributed by atoms with Crippen molar-refractivity contribution in [2.75, 3.05) is 7.11 Å². The highest BCUT2D eigenvalue weighted by atomic mass is 35.5. The average molecular weight is 319 g/mol. The Labute approximate surface area is 130 Å². The fourth-order valence-electron chi connectivity index (χ4n) is 1.62. The van der Waals surface area contributed by atoms with Crippen molar-refractivity contribution < 1.29 is 18.7 Å². The molecule has 1 aromatic rings. The van der Waals surface area contributed by atoms with Crippen molar-refractivity contribution in [1.82, 2.24) is 5.32 Å². The van der Waals surface area contributed by atoms with Crippen molar-refractivity contribution in [2.45, 2.75) is 40.3 Å². The van der Waals surface area contributed by atoms with E-state index in [1.807, 2.05) is 20.8 Å². The predicted octanol–water partition coefficient (Wildman–Crippen LogP) is 1.79. The average Bonchev–Trinajstić information content (AvgIpc) is 2.74. The second-order valence-corrected chi connectivity index (χ2v) is 5.74. The summed E-state index contributed by atoms with van der Waals surface area (Å²) in [6.45, 7) is 7.52. The lowest BCUT2D eigenvalue weighted by atomic mass is 9.87. The highest BCUT2D eigenvalue weighted by molar-refractivity contribution is 5.90. The van der Waals surface area contributed by atoms with Crippen LogP contribution in [-0.4, -0.2) is 25.0 Å². The Bertz CT molecular complexity index is 506. The SMILES string of the molecule is COC(=O)c1cc(CNC(=O)[C@@H](N)C(C)(C)C)oc1C.Cl. The summed E-state index contributed by atoms with van der Waals surface area (Å²) in [7, 11) is 1.30. The monoisotopic (exact) mass is 318 g/mol. The Morgan fingerprint density at radius 2 is 2.00 bits per heavy atom. The lowest BCUT2D eigenvalue weighted by molar-refractivity contribution is -0.124. The number of esters is 1. The summed E-state index contributed by atoms with van der Waals surface area (Å²) in [6.07, 6.45) is 0. The van der Waals surface area contributed by atoms with E-state index in [2.05, 4.69) is 10.1 Å². The molecule has 1 aromatic heterocycles. The van der Waals surface area contributed by atoms with E-state index in [0.717, 1.165) is 0 Å². The lowest BCUT2D eigenvalue weighted by Crippen LogP contribution is -2.48. The molecule has 1 atom stereocenters. The first-order valence-corrected chi connectivity index (χ1v) is 6.37. The van der Waals surface area contributed by atoms with Crippen LogP contribution in [0.4, 0.5) is 0 Å². The zero-order valence-electron chi connectivity index (χ0n) is 13.0. The van der Waals surface area contributed by atoms with Crippen LogP contribution in [0.5, 0.6) is 0 Å². The summed E-state index contributed by atoms with van der Waals surface area (Å²) in [5, 5.41) is 2.69. The maximum absolute atomic E-state index is 11.9. The van der Waals surface area contributed by atoms with Crippen LogP contribution in [0, 0.1) is 12.3 Å². The first-order valence-electron chi connectivity index (χ1n) is 6.37. The van der Waals surface area contributed by atoms with E-state index in [0.29, 0.717) is 17.1 Å². The van der Waals surface area contributed by atoms with Crippen LogP contribution >= 0.6 is 12.4 Å². The normalized spacial score (nSPS) is 12.3. The molecule has 0 aromatic carbocycles. The third-order valence-electron chi connectivity index (χ3n) is 3.03. The van der Waals surface area contributed by atoms with Crippen molar-refractivity contribution in [2.24, 2.45) is 11.1 Å². The summed E-state index contributed by atoms with van der Waals surface area (Å²) in [6, 6.07) is 0.947. The molecular weight excluding hydrogens is 296 g/mol. The van der Waals surface area contributed by atoms with E-state index in [1.165, 1.54) is 7.11 Å². The number of carbonyl (C=O) groups excluding carboxylic acids is 2. The number of hydrogen-bond acceptors (Lipinski definition) is 5. The van der Waals surface area contributed by atoms with Crippen molar-refractivity contribution in [3.63, 3.8) is 0 Å². The number of hydrogen-bond donors (Lipinski definition) is 2. The molecule has 0 aliphatic carbocycles. The number of methoxy groups -OCH3 is 1. The van der Waals surface area contributed by atoms with Gasteiger partial charge in [-0.05, 0) is 18.4 Å². The number of halogens is 1. The van der Waals surface area contributed by atoms with Crippen LogP contribution in [0.25, 0.3) is 0 Å². The van der Waals surface area contributed by atoms with Crippen molar-refractivity contribution in [1.29, 1.82) is 0 Å². The second kappa shape index (κ2) is 7.47. The van der Waals surface area contributed by atoms with Gasteiger partial charge in [0.1, 0.15) is 17.1 Å². The first kappa shape index (κ1) is 19.5. The second-order valence-electron chi connectivity index (χ2n) is 5.74. The van der Waals surface area contributed by atoms with Gasteiger partial charge in [-0.25, -0.2) is 4.79 Å². The molecule has 1 heterocycles. The Balaban J connectivity index is 0.00000400. The van der Waals surface area contributed by atoms with Crippen LogP contribution in [-0.2, 0) is 16.1 Å². The van der Waals surface area contributed by atoms with Crippen molar-refractivity contribution in [3.8, 4) is 0 Å². The smallest absolute Gasteiger partial charge is 0.341 e. The largest absolute Gasteiger partial charge is 0.465 e. The summed E-state index contributed by atoms with van der Waals surface area (Å²) < 4.78 is 10.0. The third-order valence-corrected chi connectivity index (χ3v) is 3.03. The van der Waals surface area contributed by atoms with Gasteiger partial charge in [0, 0.05) is 0 Å².